The number of benzene rings is 3. The SMILES string of the molecule is O=C1CC/C=C\[C@H]2O[C@]34C=CCN(Cn5nnc6ccccc65)C(=O)[C@H]3N([C@@H](CO)Cc3ccccc3)C(=O)[C@@H]4[C@H]2C(=O)O[C@H](c2ccccc2)CN1. The summed E-state index contributed by atoms with van der Waals surface area (Å²) in [5.41, 5.74) is 1.38. The standard InChI is InChI=1S/C40H40N6O7/c47-24-28(22-26-12-3-1-4-13-26)46-36-38(50)44(25-45-30-17-8-7-16-29(30)42-43-45)21-11-20-40(36)35(37(46)49)34-31(53-40)18-9-10-19-33(48)41-23-32(52-39(34)51)27-14-5-2-6-15-27/h1-9,11-18,20,28,31-32,34-36,47H,10,19,21-25H2,(H,41,48)/b18-9-/t28-,31-,32+,34+,35+,36-,40+/m1/s1. The van der Waals surface area contributed by atoms with Crippen molar-refractivity contribution in [2.24, 2.45) is 11.8 Å². The number of likely N-dealkylation sites (tertiary alicyclic amines) is 1. The van der Waals surface area contributed by atoms with Crippen LogP contribution in [0.5, 0.6) is 0 Å². The highest BCUT2D eigenvalue weighted by Crippen LogP contribution is 2.54. The van der Waals surface area contributed by atoms with Crippen LogP contribution in [0.15, 0.2) is 109 Å². The molecule has 4 aliphatic rings. The van der Waals surface area contributed by atoms with Gasteiger partial charge >= 0.3 is 5.97 Å². The second-order valence-corrected chi connectivity index (χ2v) is 13.9. The van der Waals surface area contributed by atoms with E-state index in [0.717, 1.165) is 11.1 Å². The number of rotatable bonds is 7. The fraction of sp³-hybridized carbons (Fsp3) is 0.350. The van der Waals surface area contributed by atoms with Gasteiger partial charge in [-0.25, -0.2) is 4.68 Å². The largest absolute Gasteiger partial charge is 0.455 e. The van der Waals surface area contributed by atoms with E-state index in [9.17, 15) is 14.7 Å². The van der Waals surface area contributed by atoms with Crippen LogP contribution in [0.1, 0.15) is 30.1 Å². The van der Waals surface area contributed by atoms with Gasteiger partial charge in [0, 0.05) is 13.0 Å². The zero-order chi connectivity index (χ0) is 36.5. The molecule has 0 saturated carbocycles. The lowest BCUT2D eigenvalue weighted by molar-refractivity contribution is -0.161. The lowest BCUT2D eigenvalue weighted by Crippen LogP contribution is -2.58. The molecule has 2 N–H and O–H groups in total. The van der Waals surface area contributed by atoms with E-state index < -0.39 is 66.1 Å². The molecule has 4 aliphatic heterocycles. The first-order valence-corrected chi connectivity index (χ1v) is 18.0. The summed E-state index contributed by atoms with van der Waals surface area (Å²) in [6.07, 6.45) is 6.09. The summed E-state index contributed by atoms with van der Waals surface area (Å²) in [4.78, 5) is 60.4. The highest BCUT2D eigenvalue weighted by Gasteiger charge is 2.72. The van der Waals surface area contributed by atoms with Gasteiger partial charge in [-0.3, -0.25) is 19.2 Å². The minimum Gasteiger partial charge on any atom is -0.455 e. The molecule has 4 aromatic rings. The van der Waals surface area contributed by atoms with E-state index in [4.69, 9.17) is 9.47 Å². The maximum absolute atomic E-state index is 15.1. The maximum Gasteiger partial charge on any atom is 0.313 e. The zero-order valence-electron chi connectivity index (χ0n) is 28.9. The quantitative estimate of drug-likeness (QED) is 0.217. The number of nitrogens with one attached hydrogen (secondary N) is 1. The molecule has 0 unspecified atom stereocenters. The Balaban J connectivity index is 1.21. The Morgan fingerprint density at radius 2 is 1.68 bits per heavy atom. The number of nitrogens with zero attached hydrogens (tertiary/aromatic N) is 5. The predicted molar refractivity (Wildman–Crippen MR) is 191 cm³/mol. The van der Waals surface area contributed by atoms with E-state index in [1.54, 1.807) is 33.9 Å². The van der Waals surface area contributed by atoms with Gasteiger partial charge in [-0.1, -0.05) is 102 Å². The number of fused-ring (bicyclic) bond motifs is 3. The summed E-state index contributed by atoms with van der Waals surface area (Å²) >= 11 is 0. The average Bonchev–Trinajstić information content (AvgIpc) is 3.78. The van der Waals surface area contributed by atoms with Gasteiger partial charge in [0.05, 0.1) is 36.7 Å². The first-order chi connectivity index (χ1) is 25.9. The van der Waals surface area contributed by atoms with Crippen LogP contribution in [-0.4, -0.2) is 97.1 Å². The number of para-hydroxylation sites is 1. The van der Waals surface area contributed by atoms with Crippen molar-refractivity contribution < 1.29 is 33.8 Å². The van der Waals surface area contributed by atoms with Gasteiger partial charge < -0.3 is 29.7 Å². The van der Waals surface area contributed by atoms with E-state index in [0.29, 0.717) is 17.5 Å². The third-order valence-electron chi connectivity index (χ3n) is 10.7. The highest BCUT2D eigenvalue weighted by atomic mass is 16.6. The van der Waals surface area contributed by atoms with Gasteiger partial charge in [0.25, 0.3) is 5.91 Å². The van der Waals surface area contributed by atoms with Gasteiger partial charge in [0.1, 0.15) is 35.9 Å². The first-order valence-electron chi connectivity index (χ1n) is 18.0. The molecule has 13 heteroatoms. The summed E-state index contributed by atoms with van der Waals surface area (Å²) in [5.74, 6) is -4.05. The molecule has 13 nitrogen and oxygen atoms in total. The molecule has 2 fully saturated rings. The number of aliphatic hydroxyl groups is 1. The smallest absolute Gasteiger partial charge is 0.313 e. The molecule has 2 saturated heterocycles. The Kier molecular flexibility index (Phi) is 9.35. The number of aromatic nitrogens is 3. The maximum atomic E-state index is 15.1. The number of allylic oxidation sites excluding steroid dienone is 1. The second-order valence-electron chi connectivity index (χ2n) is 13.9. The molecule has 53 heavy (non-hydrogen) atoms. The van der Waals surface area contributed by atoms with Crippen molar-refractivity contribution in [3.63, 3.8) is 0 Å². The summed E-state index contributed by atoms with van der Waals surface area (Å²) in [6, 6.07) is 24.0. The molecule has 1 spiro atoms. The Morgan fingerprint density at radius 3 is 2.47 bits per heavy atom. The molecular weight excluding hydrogens is 676 g/mol. The molecule has 0 radical (unpaired) electrons. The van der Waals surface area contributed by atoms with Gasteiger partial charge in [0.2, 0.25) is 11.8 Å². The van der Waals surface area contributed by atoms with Crippen LogP contribution in [0.25, 0.3) is 11.0 Å². The number of carbonyl (C=O) groups is 4. The number of carbonyl (C=O) groups excluding carboxylic acids is 4. The summed E-state index contributed by atoms with van der Waals surface area (Å²) in [5, 5.41) is 22.3. The number of ether oxygens (including phenoxy) is 2. The molecule has 272 valence electrons. The van der Waals surface area contributed by atoms with Crippen LogP contribution in [0, 0.1) is 11.8 Å². The Morgan fingerprint density at radius 1 is 0.925 bits per heavy atom. The third kappa shape index (κ3) is 6.29. The zero-order valence-corrected chi connectivity index (χ0v) is 28.9. The van der Waals surface area contributed by atoms with E-state index in [2.05, 4.69) is 15.6 Å². The summed E-state index contributed by atoms with van der Waals surface area (Å²) in [6.45, 7) is -0.173. The molecule has 3 amide bonds. The van der Waals surface area contributed by atoms with Gasteiger partial charge in [-0.05, 0) is 36.1 Å². The molecular formula is C40H40N6O7. The van der Waals surface area contributed by atoms with Crippen LogP contribution in [-0.2, 0) is 41.7 Å². The molecule has 1 aromatic heterocycles. The Labute approximate surface area is 305 Å². The van der Waals surface area contributed by atoms with Crippen molar-refractivity contribution in [3.8, 4) is 0 Å². The molecule has 0 bridgehead atoms. The number of cyclic esters (lactones) is 1. The molecule has 3 aromatic carbocycles. The van der Waals surface area contributed by atoms with Crippen LogP contribution in [0.2, 0.25) is 0 Å². The van der Waals surface area contributed by atoms with Crippen molar-refractivity contribution in [1.29, 1.82) is 0 Å². The van der Waals surface area contributed by atoms with Crippen molar-refractivity contribution >= 4 is 34.7 Å². The predicted octanol–water partition coefficient (Wildman–Crippen LogP) is 2.72. The molecule has 8 rings (SSSR count). The monoisotopic (exact) mass is 716 g/mol. The van der Waals surface area contributed by atoms with Gasteiger partial charge in [-0.15, -0.1) is 5.10 Å². The number of hydrogen-bond acceptors (Lipinski definition) is 9. The highest BCUT2D eigenvalue weighted by molar-refractivity contribution is 5.99. The molecule has 7 atom stereocenters. The lowest BCUT2D eigenvalue weighted by Gasteiger charge is -2.38. The van der Waals surface area contributed by atoms with Crippen molar-refractivity contribution in [3.05, 3.63) is 120 Å². The van der Waals surface area contributed by atoms with Crippen molar-refractivity contribution in [1.82, 2.24) is 30.1 Å². The fourth-order valence-corrected chi connectivity index (χ4v) is 8.23. The van der Waals surface area contributed by atoms with Crippen LogP contribution in [0.3, 0.4) is 0 Å². The topological polar surface area (TPSA) is 156 Å². The van der Waals surface area contributed by atoms with Crippen molar-refractivity contribution in [2.45, 2.75) is 55.8 Å². The average molecular weight is 717 g/mol. The number of hydrogen-bond donors (Lipinski definition) is 2. The number of esters is 1. The number of aliphatic hydroxyl groups excluding tert-OH is 1. The summed E-state index contributed by atoms with van der Waals surface area (Å²) in [7, 11) is 0. The number of amides is 3. The summed E-state index contributed by atoms with van der Waals surface area (Å²) < 4.78 is 14.7. The molecule has 5 heterocycles. The second kappa shape index (κ2) is 14.4. The van der Waals surface area contributed by atoms with E-state index >= 15 is 9.59 Å². The van der Waals surface area contributed by atoms with Crippen LogP contribution < -0.4 is 5.32 Å². The Bertz CT molecular complexity index is 2070. The van der Waals surface area contributed by atoms with Gasteiger partial charge in [0.15, 0.2) is 0 Å². The fourth-order valence-electron chi connectivity index (χ4n) is 8.23. The van der Waals surface area contributed by atoms with E-state index in [1.165, 1.54) is 4.90 Å². The van der Waals surface area contributed by atoms with E-state index in [-0.39, 0.29) is 38.5 Å². The van der Waals surface area contributed by atoms with Crippen LogP contribution >= 0.6 is 0 Å². The minimum absolute atomic E-state index is 0.0417. The van der Waals surface area contributed by atoms with Gasteiger partial charge in [-0.2, -0.15) is 0 Å². The normalized spacial score (nSPS) is 28.6. The third-order valence-corrected chi connectivity index (χ3v) is 10.7. The minimum atomic E-state index is -1.58. The van der Waals surface area contributed by atoms with Crippen LogP contribution in [0.4, 0.5) is 0 Å². The van der Waals surface area contributed by atoms with Crippen molar-refractivity contribution in [2.75, 3.05) is 19.7 Å². The molecule has 0 aliphatic carbocycles. The lowest BCUT2D eigenvalue weighted by atomic mass is 9.78. The van der Waals surface area contributed by atoms with E-state index in [1.807, 2.05) is 84.9 Å². The Hall–Kier alpha value is -5.66. The first kappa shape index (κ1) is 34.4.